The number of benzene rings is 1. The number of hydrogen-bond donors (Lipinski definition) is 2. The number of rotatable bonds is 5. The zero-order valence-corrected chi connectivity index (χ0v) is 12.8. The number of nitrogens with zero attached hydrogens (tertiary/aromatic N) is 2. The maximum absolute atomic E-state index is 12.6. The van der Waals surface area contributed by atoms with Gasteiger partial charge in [-0.2, -0.15) is 18.3 Å². The number of carbonyl (C=O) groups excluding carboxylic acids is 1. The van der Waals surface area contributed by atoms with Gasteiger partial charge in [0.1, 0.15) is 0 Å². The molecule has 8 heteroatoms. The molecule has 1 heterocycles. The topological polar surface area (TPSA) is 72.9 Å². The Balaban J connectivity index is 1.71. The molecule has 0 saturated heterocycles. The highest BCUT2D eigenvalue weighted by Crippen LogP contribution is 2.31. The van der Waals surface area contributed by atoms with Crippen molar-refractivity contribution >= 4 is 5.91 Å². The second-order valence-electron chi connectivity index (χ2n) is 5.90. The molecule has 1 unspecified atom stereocenters. The summed E-state index contributed by atoms with van der Waals surface area (Å²) in [6.45, 7) is 0.383. The number of aromatic nitrogens is 2. The van der Waals surface area contributed by atoms with E-state index in [4.69, 9.17) is 5.73 Å². The smallest absolute Gasteiger partial charge is 0.350 e. The fourth-order valence-corrected chi connectivity index (χ4v) is 2.41. The first-order valence-electron chi connectivity index (χ1n) is 7.61. The van der Waals surface area contributed by atoms with E-state index in [0.29, 0.717) is 23.7 Å². The highest BCUT2D eigenvalue weighted by atomic mass is 19.4. The van der Waals surface area contributed by atoms with E-state index < -0.39 is 11.9 Å². The number of nitrogens with two attached hydrogens (primary N) is 1. The molecule has 1 atom stereocenters. The minimum Gasteiger partial charge on any atom is -0.350 e. The molecule has 1 aromatic carbocycles. The SMILES string of the molecule is NC(CNC(=O)c1cccc(-n2ccc(C(F)(F)F)n2)c1)C1CC1. The third-order valence-corrected chi connectivity index (χ3v) is 3.98. The minimum absolute atomic E-state index is 0.0578. The van der Waals surface area contributed by atoms with Crippen LogP contribution in [0.15, 0.2) is 36.5 Å². The van der Waals surface area contributed by atoms with Crippen molar-refractivity contribution < 1.29 is 18.0 Å². The molecule has 2 aromatic rings. The highest BCUT2D eigenvalue weighted by Gasteiger charge is 2.33. The van der Waals surface area contributed by atoms with Gasteiger partial charge in [0.2, 0.25) is 0 Å². The van der Waals surface area contributed by atoms with Gasteiger partial charge in [-0.3, -0.25) is 4.79 Å². The van der Waals surface area contributed by atoms with Gasteiger partial charge in [0.25, 0.3) is 5.91 Å². The van der Waals surface area contributed by atoms with Crippen LogP contribution >= 0.6 is 0 Å². The Bertz CT molecular complexity index is 737. The Kier molecular flexibility index (Phi) is 4.31. The number of nitrogens with one attached hydrogen (secondary N) is 1. The van der Waals surface area contributed by atoms with Gasteiger partial charge < -0.3 is 11.1 Å². The third-order valence-electron chi connectivity index (χ3n) is 3.98. The third kappa shape index (κ3) is 3.76. The summed E-state index contributed by atoms with van der Waals surface area (Å²) in [5.74, 6) is 0.164. The molecule has 0 radical (unpaired) electrons. The standard InChI is InChI=1S/C16H17F3N4O/c17-16(18,19)14-6-7-23(22-14)12-3-1-2-11(8-12)15(24)21-9-13(20)10-4-5-10/h1-3,6-8,10,13H,4-5,9,20H2,(H,21,24). The predicted molar refractivity (Wildman–Crippen MR) is 81.6 cm³/mol. The Hall–Kier alpha value is -2.35. The summed E-state index contributed by atoms with van der Waals surface area (Å²) < 4.78 is 38.9. The van der Waals surface area contributed by atoms with Crippen LogP contribution < -0.4 is 11.1 Å². The average Bonchev–Trinajstić information content (AvgIpc) is 3.27. The lowest BCUT2D eigenvalue weighted by atomic mass is 10.1. The lowest BCUT2D eigenvalue weighted by Gasteiger charge is -2.12. The fourth-order valence-electron chi connectivity index (χ4n) is 2.41. The molecule has 1 saturated carbocycles. The van der Waals surface area contributed by atoms with Crippen molar-refractivity contribution in [2.24, 2.45) is 11.7 Å². The molecule has 1 fully saturated rings. The first-order chi connectivity index (χ1) is 11.3. The number of amides is 1. The summed E-state index contributed by atoms with van der Waals surface area (Å²) in [5, 5.41) is 6.25. The van der Waals surface area contributed by atoms with E-state index in [9.17, 15) is 18.0 Å². The number of carbonyl (C=O) groups is 1. The fraction of sp³-hybridized carbons (Fsp3) is 0.375. The second kappa shape index (κ2) is 6.27. The zero-order chi connectivity index (χ0) is 17.3. The van der Waals surface area contributed by atoms with Crippen LogP contribution in [0.5, 0.6) is 0 Å². The summed E-state index contributed by atoms with van der Waals surface area (Å²) in [6, 6.07) is 7.10. The molecule has 1 amide bonds. The van der Waals surface area contributed by atoms with Crippen molar-refractivity contribution in [2.45, 2.75) is 25.1 Å². The monoisotopic (exact) mass is 338 g/mol. The van der Waals surface area contributed by atoms with E-state index in [1.807, 2.05) is 0 Å². The molecule has 24 heavy (non-hydrogen) atoms. The Morgan fingerprint density at radius 3 is 2.75 bits per heavy atom. The number of alkyl halides is 3. The van der Waals surface area contributed by atoms with Crippen molar-refractivity contribution in [3.05, 3.63) is 47.8 Å². The molecular weight excluding hydrogens is 321 g/mol. The summed E-state index contributed by atoms with van der Waals surface area (Å²) >= 11 is 0. The quantitative estimate of drug-likeness (QED) is 0.879. The van der Waals surface area contributed by atoms with E-state index in [1.165, 1.54) is 12.3 Å². The molecule has 5 nitrogen and oxygen atoms in total. The van der Waals surface area contributed by atoms with Crippen LogP contribution in [0.1, 0.15) is 28.9 Å². The van der Waals surface area contributed by atoms with Crippen LogP contribution in [0.4, 0.5) is 13.2 Å². The molecule has 1 aromatic heterocycles. The van der Waals surface area contributed by atoms with Gasteiger partial charge in [-0.05, 0) is 43.0 Å². The maximum Gasteiger partial charge on any atom is 0.435 e. The normalized spacial score (nSPS) is 16.0. The maximum atomic E-state index is 12.6. The second-order valence-corrected chi connectivity index (χ2v) is 5.90. The Morgan fingerprint density at radius 2 is 2.12 bits per heavy atom. The Morgan fingerprint density at radius 1 is 1.38 bits per heavy atom. The largest absolute Gasteiger partial charge is 0.435 e. The van der Waals surface area contributed by atoms with Crippen molar-refractivity contribution in [3.63, 3.8) is 0 Å². The van der Waals surface area contributed by atoms with Crippen LogP contribution in [-0.4, -0.2) is 28.3 Å². The van der Waals surface area contributed by atoms with Gasteiger partial charge in [0.15, 0.2) is 5.69 Å². The van der Waals surface area contributed by atoms with E-state index in [0.717, 1.165) is 23.6 Å². The Labute approximate surface area is 136 Å². The minimum atomic E-state index is -4.50. The summed E-state index contributed by atoms with van der Waals surface area (Å²) in [5.41, 5.74) is 5.68. The lowest BCUT2D eigenvalue weighted by Crippen LogP contribution is -2.38. The van der Waals surface area contributed by atoms with Gasteiger partial charge in [-0.1, -0.05) is 6.07 Å². The van der Waals surface area contributed by atoms with Crippen molar-refractivity contribution in [2.75, 3.05) is 6.54 Å². The predicted octanol–water partition coefficient (Wildman–Crippen LogP) is 2.36. The highest BCUT2D eigenvalue weighted by molar-refractivity contribution is 5.94. The number of hydrogen-bond acceptors (Lipinski definition) is 3. The van der Waals surface area contributed by atoms with Crippen molar-refractivity contribution in [1.82, 2.24) is 15.1 Å². The van der Waals surface area contributed by atoms with Gasteiger partial charge >= 0.3 is 6.18 Å². The molecule has 1 aliphatic carbocycles. The molecule has 0 bridgehead atoms. The number of halogens is 3. The molecule has 3 N–H and O–H groups in total. The van der Waals surface area contributed by atoms with Crippen molar-refractivity contribution in [3.8, 4) is 5.69 Å². The molecule has 3 rings (SSSR count). The first-order valence-corrected chi connectivity index (χ1v) is 7.61. The van der Waals surface area contributed by atoms with Crippen LogP contribution in [-0.2, 0) is 6.18 Å². The van der Waals surface area contributed by atoms with E-state index >= 15 is 0 Å². The van der Waals surface area contributed by atoms with Gasteiger partial charge in [-0.15, -0.1) is 0 Å². The van der Waals surface area contributed by atoms with Crippen LogP contribution in [0.3, 0.4) is 0 Å². The van der Waals surface area contributed by atoms with Gasteiger partial charge in [0.05, 0.1) is 5.69 Å². The molecule has 0 spiro atoms. The molecular formula is C16H17F3N4O. The summed E-state index contributed by atoms with van der Waals surface area (Å²) in [7, 11) is 0. The molecule has 0 aliphatic heterocycles. The van der Waals surface area contributed by atoms with Crippen LogP contribution in [0.25, 0.3) is 5.69 Å². The summed E-state index contributed by atoms with van der Waals surface area (Å²) in [4.78, 5) is 12.2. The zero-order valence-electron chi connectivity index (χ0n) is 12.8. The average molecular weight is 338 g/mol. The van der Waals surface area contributed by atoms with Crippen LogP contribution in [0.2, 0.25) is 0 Å². The van der Waals surface area contributed by atoms with E-state index in [-0.39, 0.29) is 11.9 Å². The van der Waals surface area contributed by atoms with Gasteiger partial charge in [-0.25, -0.2) is 4.68 Å². The summed E-state index contributed by atoms with van der Waals surface area (Å²) in [6.07, 6.45) is -1.11. The molecule has 1 aliphatic rings. The first kappa shape index (κ1) is 16.5. The van der Waals surface area contributed by atoms with E-state index in [2.05, 4.69) is 10.4 Å². The van der Waals surface area contributed by atoms with Crippen molar-refractivity contribution in [1.29, 1.82) is 0 Å². The van der Waals surface area contributed by atoms with Crippen LogP contribution in [0, 0.1) is 5.92 Å². The molecule has 128 valence electrons. The van der Waals surface area contributed by atoms with E-state index in [1.54, 1.807) is 18.2 Å². The lowest BCUT2D eigenvalue weighted by molar-refractivity contribution is -0.141. The van der Waals surface area contributed by atoms with Gasteiger partial charge in [0, 0.05) is 24.3 Å².